The topological polar surface area (TPSA) is 108 Å². The van der Waals surface area contributed by atoms with Crippen LogP contribution in [0.4, 0.5) is 0 Å². The molecule has 0 aromatic heterocycles. The van der Waals surface area contributed by atoms with E-state index in [2.05, 4.69) is 10.6 Å². The summed E-state index contributed by atoms with van der Waals surface area (Å²) >= 11 is 0. The molecule has 198 valence electrons. The van der Waals surface area contributed by atoms with Crippen molar-refractivity contribution in [2.24, 2.45) is 17.8 Å². The van der Waals surface area contributed by atoms with Crippen LogP contribution in [0.3, 0.4) is 0 Å². The second-order valence-corrected chi connectivity index (χ2v) is 11.1. The highest BCUT2D eigenvalue weighted by Gasteiger charge is 2.79. The Labute approximate surface area is 214 Å². The molecule has 3 heterocycles. The number of nitrogens with zero attached hydrogens (tertiary/aromatic N) is 1. The van der Waals surface area contributed by atoms with Crippen molar-refractivity contribution in [3.63, 3.8) is 0 Å². The smallest absolute Gasteiger partial charge is 0.246 e. The molecule has 2 bridgehead atoms. The summed E-state index contributed by atoms with van der Waals surface area (Å²) in [5.41, 5.74) is -0.892. The maximum Gasteiger partial charge on any atom is 0.246 e. The highest BCUT2D eigenvalue weighted by molar-refractivity contribution is 5.99. The lowest BCUT2D eigenvalue weighted by atomic mass is 9.65. The van der Waals surface area contributed by atoms with E-state index >= 15 is 0 Å². The van der Waals surface area contributed by atoms with Crippen molar-refractivity contribution in [3.05, 3.63) is 35.9 Å². The van der Waals surface area contributed by atoms with E-state index < -0.39 is 35.1 Å². The first-order valence-corrected chi connectivity index (χ1v) is 13.4. The van der Waals surface area contributed by atoms with Crippen LogP contribution in [0.15, 0.2) is 30.3 Å². The molecular weight excluding hydrogens is 458 g/mol. The average Bonchev–Trinajstić information content (AvgIpc) is 3.47. The van der Waals surface area contributed by atoms with Gasteiger partial charge in [-0.1, -0.05) is 57.5 Å². The Bertz CT molecular complexity index is 985. The number of likely N-dealkylation sites (tertiary alicyclic amines) is 1. The summed E-state index contributed by atoms with van der Waals surface area (Å²) in [6.07, 6.45) is 2.47. The number of rotatable bonds is 10. The Hall–Kier alpha value is -2.45. The van der Waals surface area contributed by atoms with Gasteiger partial charge >= 0.3 is 0 Å². The first kappa shape index (κ1) is 26.6. The van der Waals surface area contributed by atoms with E-state index in [4.69, 9.17) is 4.74 Å². The zero-order valence-corrected chi connectivity index (χ0v) is 22.1. The number of aliphatic hydroxyl groups excluding tert-OH is 1. The SMILES string of the molecule is CC[C@H](C)[C@H](CO)N1C(=O)[C@@H]2[C@@H](C(=O)NCc3ccccc3)[C@@]3(CC)CCC2(O3)C1C(=O)NC(C)C. The summed E-state index contributed by atoms with van der Waals surface area (Å²) < 4.78 is 6.76. The Morgan fingerprint density at radius 3 is 2.42 bits per heavy atom. The van der Waals surface area contributed by atoms with Gasteiger partial charge in [0, 0.05) is 12.6 Å². The minimum absolute atomic E-state index is 0.0220. The zero-order valence-electron chi connectivity index (χ0n) is 22.1. The van der Waals surface area contributed by atoms with Gasteiger partial charge in [0.15, 0.2) is 0 Å². The Morgan fingerprint density at radius 2 is 1.83 bits per heavy atom. The van der Waals surface area contributed by atoms with E-state index in [0.29, 0.717) is 25.8 Å². The summed E-state index contributed by atoms with van der Waals surface area (Å²) in [6, 6.07) is 8.12. The maximum atomic E-state index is 14.2. The third kappa shape index (κ3) is 4.12. The molecule has 3 amide bonds. The Kier molecular flexibility index (Phi) is 7.49. The molecule has 3 N–H and O–H groups in total. The summed E-state index contributed by atoms with van der Waals surface area (Å²) in [5, 5.41) is 16.4. The Balaban J connectivity index is 1.74. The number of hydrogen-bond acceptors (Lipinski definition) is 5. The molecule has 8 heteroatoms. The van der Waals surface area contributed by atoms with Crippen LogP contribution in [-0.2, 0) is 25.7 Å². The molecule has 3 aliphatic heterocycles. The summed E-state index contributed by atoms with van der Waals surface area (Å²) in [7, 11) is 0. The van der Waals surface area contributed by atoms with Crippen LogP contribution in [0, 0.1) is 17.8 Å². The lowest BCUT2D eigenvalue weighted by Crippen LogP contribution is -2.59. The third-order valence-corrected chi connectivity index (χ3v) is 8.74. The number of ether oxygens (including phenoxy) is 1. The van der Waals surface area contributed by atoms with Gasteiger partial charge in [-0.15, -0.1) is 0 Å². The third-order valence-electron chi connectivity index (χ3n) is 8.74. The van der Waals surface area contributed by atoms with Gasteiger partial charge in [0.1, 0.15) is 11.6 Å². The van der Waals surface area contributed by atoms with Crippen LogP contribution in [0.25, 0.3) is 0 Å². The number of carbonyl (C=O) groups excluding carboxylic acids is 3. The largest absolute Gasteiger partial charge is 0.394 e. The summed E-state index contributed by atoms with van der Waals surface area (Å²) in [6.45, 7) is 9.84. The first-order chi connectivity index (χ1) is 17.2. The number of fused-ring (bicyclic) bond motifs is 1. The number of nitrogens with one attached hydrogen (secondary N) is 2. The van der Waals surface area contributed by atoms with Gasteiger partial charge in [0.05, 0.1) is 30.1 Å². The van der Waals surface area contributed by atoms with Gasteiger partial charge in [-0.2, -0.15) is 0 Å². The number of amides is 3. The molecule has 4 rings (SSSR count). The predicted octanol–water partition coefficient (Wildman–Crippen LogP) is 2.39. The van der Waals surface area contributed by atoms with Crippen molar-refractivity contribution in [2.45, 2.75) is 96.2 Å². The van der Waals surface area contributed by atoms with Crippen LogP contribution in [-0.4, -0.2) is 63.7 Å². The van der Waals surface area contributed by atoms with Crippen molar-refractivity contribution in [1.29, 1.82) is 0 Å². The molecule has 8 nitrogen and oxygen atoms in total. The molecule has 1 spiro atoms. The van der Waals surface area contributed by atoms with Crippen molar-refractivity contribution >= 4 is 17.7 Å². The number of hydrogen-bond donors (Lipinski definition) is 3. The number of benzene rings is 1. The number of carbonyl (C=O) groups is 3. The fraction of sp³-hybridized carbons (Fsp3) is 0.679. The summed E-state index contributed by atoms with van der Waals surface area (Å²) in [5.74, 6) is -2.22. The average molecular weight is 500 g/mol. The normalized spacial score (nSPS) is 32.5. The minimum atomic E-state index is -1.08. The van der Waals surface area contributed by atoms with Crippen LogP contribution >= 0.6 is 0 Å². The van der Waals surface area contributed by atoms with Gasteiger partial charge in [-0.05, 0) is 44.6 Å². The zero-order chi connectivity index (χ0) is 26.3. The fourth-order valence-corrected chi connectivity index (χ4v) is 6.78. The van der Waals surface area contributed by atoms with Crippen molar-refractivity contribution in [3.8, 4) is 0 Å². The summed E-state index contributed by atoms with van der Waals surface area (Å²) in [4.78, 5) is 43.2. The van der Waals surface area contributed by atoms with Gasteiger partial charge in [-0.25, -0.2) is 0 Å². The van der Waals surface area contributed by atoms with Crippen LogP contribution < -0.4 is 10.6 Å². The monoisotopic (exact) mass is 499 g/mol. The molecule has 0 aliphatic carbocycles. The molecule has 1 aromatic rings. The maximum absolute atomic E-state index is 14.2. The van der Waals surface area contributed by atoms with E-state index in [0.717, 1.165) is 12.0 Å². The molecule has 3 fully saturated rings. The second-order valence-electron chi connectivity index (χ2n) is 11.1. The lowest BCUT2D eigenvalue weighted by Gasteiger charge is -2.39. The van der Waals surface area contributed by atoms with Gasteiger partial charge in [0.2, 0.25) is 17.7 Å². The molecule has 0 radical (unpaired) electrons. The lowest BCUT2D eigenvalue weighted by molar-refractivity contribution is -0.152. The quantitative estimate of drug-likeness (QED) is 0.458. The van der Waals surface area contributed by atoms with E-state index in [1.165, 1.54) is 0 Å². The Morgan fingerprint density at radius 1 is 1.14 bits per heavy atom. The van der Waals surface area contributed by atoms with Gasteiger partial charge in [0.25, 0.3) is 0 Å². The number of aliphatic hydroxyl groups is 1. The van der Waals surface area contributed by atoms with Gasteiger partial charge in [-0.3, -0.25) is 14.4 Å². The minimum Gasteiger partial charge on any atom is -0.394 e. The molecule has 2 unspecified atom stereocenters. The standard InChI is InChI=1S/C28H41N3O5/c1-6-18(5)20(16-32)31-23(25(34)30-17(3)4)28-14-13-27(7-2,36-28)21(22(28)26(31)35)24(33)29-15-19-11-9-8-10-12-19/h8-12,17-18,20-23,32H,6-7,13-16H2,1-5H3,(H,29,33)(H,30,34)/t18-,20-,21-,22-,23?,27+,28?/m0/s1. The van der Waals surface area contributed by atoms with Crippen LogP contribution in [0.1, 0.15) is 65.9 Å². The fourth-order valence-electron chi connectivity index (χ4n) is 6.78. The highest BCUT2D eigenvalue weighted by atomic mass is 16.5. The van der Waals surface area contributed by atoms with Crippen molar-refractivity contribution < 1.29 is 24.2 Å². The second kappa shape index (κ2) is 10.1. The van der Waals surface area contributed by atoms with Crippen LogP contribution in [0.2, 0.25) is 0 Å². The molecule has 0 saturated carbocycles. The molecule has 1 aromatic carbocycles. The molecule has 7 atom stereocenters. The van der Waals surface area contributed by atoms with Gasteiger partial charge < -0.3 is 25.4 Å². The highest BCUT2D eigenvalue weighted by Crippen LogP contribution is 2.64. The van der Waals surface area contributed by atoms with Crippen molar-refractivity contribution in [1.82, 2.24) is 15.5 Å². The molecule has 36 heavy (non-hydrogen) atoms. The molecule has 3 saturated heterocycles. The van der Waals surface area contributed by atoms with Crippen molar-refractivity contribution in [2.75, 3.05) is 6.61 Å². The van der Waals surface area contributed by atoms with E-state index in [1.54, 1.807) is 4.90 Å². The van der Waals surface area contributed by atoms with E-state index in [-0.39, 0.29) is 36.3 Å². The van der Waals surface area contributed by atoms with E-state index in [9.17, 15) is 19.5 Å². The first-order valence-electron chi connectivity index (χ1n) is 13.4. The predicted molar refractivity (Wildman–Crippen MR) is 136 cm³/mol. The molecular formula is C28H41N3O5. The molecule has 3 aliphatic rings. The van der Waals surface area contributed by atoms with E-state index in [1.807, 2.05) is 65.0 Å². The van der Waals surface area contributed by atoms with Crippen LogP contribution in [0.5, 0.6) is 0 Å².